The highest BCUT2D eigenvalue weighted by Gasteiger charge is 2.40. The van der Waals surface area contributed by atoms with Crippen molar-refractivity contribution < 1.29 is 23.0 Å². The van der Waals surface area contributed by atoms with Gasteiger partial charge in [0.1, 0.15) is 5.76 Å². The molecule has 0 bridgehead atoms. The van der Waals surface area contributed by atoms with Crippen molar-refractivity contribution in [3.05, 3.63) is 41.9 Å². The van der Waals surface area contributed by atoms with Crippen molar-refractivity contribution in [1.29, 1.82) is 0 Å². The van der Waals surface area contributed by atoms with Crippen molar-refractivity contribution in [2.45, 2.75) is 45.1 Å². The first-order valence-electron chi connectivity index (χ1n) is 10.6. The van der Waals surface area contributed by atoms with Gasteiger partial charge >= 0.3 is 6.01 Å². The van der Waals surface area contributed by atoms with Crippen LogP contribution in [0.5, 0.6) is 6.01 Å². The van der Waals surface area contributed by atoms with E-state index in [2.05, 4.69) is 20.3 Å². The molecule has 0 spiro atoms. The van der Waals surface area contributed by atoms with E-state index in [1.165, 1.54) is 23.5 Å². The number of hydrogen-bond acceptors (Lipinski definition) is 7. The van der Waals surface area contributed by atoms with Crippen LogP contribution >= 0.6 is 0 Å². The van der Waals surface area contributed by atoms with Crippen LogP contribution in [0.25, 0.3) is 5.76 Å². The average molecular weight is 445 g/mol. The van der Waals surface area contributed by atoms with Crippen molar-refractivity contribution in [1.82, 2.24) is 15.0 Å². The van der Waals surface area contributed by atoms with Crippen molar-refractivity contribution in [2.24, 2.45) is 0 Å². The van der Waals surface area contributed by atoms with E-state index in [4.69, 9.17) is 9.47 Å². The zero-order valence-corrected chi connectivity index (χ0v) is 18.0. The number of alkyl halides is 2. The quantitative estimate of drug-likeness (QED) is 0.721. The summed E-state index contributed by atoms with van der Waals surface area (Å²) in [5, 5.41) is 2.83. The first kappa shape index (κ1) is 21.9. The molecule has 1 N–H and O–H groups in total. The molecule has 2 aromatic rings. The largest absolute Gasteiger partial charge is 0.493 e. The lowest BCUT2D eigenvalue weighted by Crippen LogP contribution is -2.27. The molecule has 4 heterocycles. The average Bonchev–Trinajstić information content (AvgIpc) is 3.14. The normalized spacial score (nSPS) is 17.7. The van der Waals surface area contributed by atoms with Gasteiger partial charge in [-0.1, -0.05) is 0 Å². The third kappa shape index (κ3) is 4.95. The summed E-state index contributed by atoms with van der Waals surface area (Å²) < 4.78 is 39.0. The summed E-state index contributed by atoms with van der Waals surface area (Å²) in [7, 11) is 0. The fourth-order valence-electron chi connectivity index (χ4n) is 3.57. The summed E-state index contributed by atoms with van der Waals surface area (Å²) >= 11 is 0. The van der Waals surface area contributed by atoms with E-state index in [9.17, 15) is 13.6 Å². The van der Waals surface area contributed by atoms with Crippen molar-refractivity contribution >= 4 is 23.2 Å². The van der Waals surface area contributed by atoms with Crippen molar-refractivity contribution in [2.75, 3.05) is 29.9 Å². The van der Waals surface area contributed by atoms with Crippen LogP contribution < -0.4 is 15.0 Å². The second-order valence-electron chi connectivity index (χ2n) is 8.02. The molecule has 8 nitrogen and oxygen atoms in total. The second-order valence-corrected chi connectivity index (χ2v) is 8.02. The number of aromatic nitrogens is 3. The van der Waals surface area contributed by atoms with Gasteiger partial charge in [0.25, 0.3) is 11.8 Å². The van der Waals surface area contributed by atoms with Crippen LogP contribution in [0.1, 0.15) is 49.0 Å². The summed E-state index contributed by atoms with van der Waals surface area (Å²) in [4.78, 5) is 26.9. The van der Waals surface area contributed by atoms with Gasteiger partial charge in [-0.3, -0.25) is 4.79 Å². The van der Waals surface area contributed by atoms with Crippen LogP contribution in [0.15, 0.2) is 30.7 Å². The monoisotopic (exact) mass is 445 g/mol. The first-order chi connectivity index (χ1) is 15.3. The van der Waals surface area contributed by atoms with E-state index in [0.29, 0.717) is 23.6 Å². The molecule has 170 valence electrons. The Morgan fingerprint density at radius 3 is 2.69 bits per heavy atom. The molecule has 32 heavy (non-hydrogen) atoms. The number of anilines is 2. The van der Waals surface area contributed by atoms with Gasteiger partial charge in [0.05, 0.1) is 30.5 Å². The highest BCUT2D eigenvalue weighted by atomic mass is 19.3. The van der Waals surface area contributed by atoms with E-state index in [1.54, 1.807) is 6.07 Å². The molecule has 1 fully saturated rings. The molecule has 2 aliphatic rings. The SMILES string of the molecule is CC(C)Oc1ncc(C(=O)Nc2c(C3=CCCCO3)ccnc2N2CCC(F)(F)C2)cn1. The minimum Gasteiger partial charge on any atom is -0.493 e. The molecule has 0 aliphatic carbocycles. The standard InChI is InChI=1S/C22H25F2N5O3/c1-14(2)32-21-26-11-15(12-27-21)20(30)28-18-16(17-5-3-4-10-31-17)6-8-25-19(18)29-9-7-22(23,24)13-29/h5-6,8,11-12,14H,3-4,7,9-10,13H2,1-2H3,(H,28,30). The van der Waals surface area contributed by atoms with E-state index in [-0.39, 0.29) is 36.5 Å². The Labute approximate surface area is 184 Å². The van der Waals surface area contributed by atoms with Crippen LogP contribution in [0, 0.1) is 0 Å². The predicted octanol–water partition coefficient (Wildman–Crippen LogP) is 3.91. The van der Waals surface area contributed by atoms with Gasteiger partial charge < -0.3 is 19.7 Å². The minimum absolute atomic E-state index is 0.0995. The Bertz CT molecular complexity index is 1010. The summed E-state index contributed by atoms with van der Waals surface area (Å²) in [6, 6.07) is 1.87. The Kier molecular flexibility index (Phi) is 6.20. The maximum absolute atomic E-state index is 13.9. The number of pyridine rings is 1. The van der Waals surface area contributed by atoms with Crippen LogP contribution in [-0.4, -0.2) is 52.6 Å². The second kappa shape index (κ2) is 9.05. The molecule has 4 rings (SSSR count). The van der Waals surface area contributed by atoms with Gasteiger partial charge in [0.15, 0.2) is 5.82 Å². The van der Waals surface area contributed by atoms with Gasteiger partial charge in [-0.2, -0.15) is 0 Å². The molecule has 0 radical (unpaired) electrons. The molecule has 10 heteroatoms. The fraction of sp³-hybridized carbons (Fsp3) is 0.455. The smallest absolute Gasteiger partial charge is 0.316 e. The number of rotatable bonds is 6. The summed E-state index contributed by atoms with van der Waals surface area (Å²) in [6.07, 6.45) is 7.53. The summed E-state index contributed by atoms with van der Waals surface area (Å²) in [5.41, 5.74) is 1.12. The van der Waals surface area contributed by atoms with E-state index in [1.807, 2.05) is 19.9 Å². The molecule has 0 saturated carbocycles. The summed E-state index contributed by atoms with van der Waals surface area (Å²) in [5.74, 6) is -2.42. The fourth-order valence-corrected chi connectivity index (χ4v) is 3.57. The lowest BCUT2D eigenvalue weighted by molar-refractivity contribution is 0.0257. The first-order valence-corrected chi connectivity index (χ1v) is 10.6. The Balaban J connectivity index is 1.66. The number of nitrogens with zero attached hydrogens (tertiary/aromatic N) is 4. The molecule has 1 saturated heterocycles. The maximum Gasteiger partial charge on any atom is 0.316 e. The highest BCUT2D eigenvalue weighted by molar-refractivity contribution is 6.07. The lowest BCUT2D eigenvalue weighted by Gasteiger charge is -2.24. The van der Waals surface area contributed by atoms with Crippen molar-refractivity contribution in [3.8, 4) is 6.01 Å². The number of amides is 1. The van der Waals surface area contributed by atoms with E-state index >= 15 is 0 Å². The number of nitrogens with one attached hydrogen (secondary N) is 1. The predicted molar refractivity (Wildman–Crippen MR) is 115 cm³/mol. The third-order valence-corrected chi connectivity index (χ3v) is 5.07. The highest BCUT2D eigenvalue weighted by Crippen LogP contribution is 2.38. The number of halogens is 2. The molecular formula is C22H25F2N5O3. The zero-order valence-electron chi connectivity index (χ0n) is 18.0. The third-order valence-electron chi connectivity index (χ3n) is 5.07. The van der Waals surface area contributed by atoms with Gasteiger partial charge in [0.2, 0.25) is 0 Å². The molecule has 0 aromatic carbocycles. The number of hydrogen-bond donors (Lipinski definition) is 1. The molecule has 2 aromatic heterocycles. The number of carbonyl (C=O) groups excluding carboxylic acids is 1. The van der Waals surface area contributed by atoms with Gasteiger partial charge in [-0.05, 0) is 38.8 Å². The van der Waals surface area contributed by atoms with Crippen LogP contribution in [0.2, 0.25) is 0 Å². The molecule has 0 atom stereocenters. The van der Waals surface area contributed by atoms with Crippen molar-refractivity contribution in [3.63, 3.8) is 0 Å². The van der Waals surface area contributed by atoms with Gasteiger partial charge in [-0.15, -0.1) is 0 Å². The summed E-state index contributed by atoms with van der Waals surface area (Å²) in [6.45, 7) is 3.91. The molecule has 1 amide bonds. The molecule has 2 aliphatic heterocycles. The molecule has 0 unspecified atom stereocenters. The van der Waals surface area contributed by atoms with Gasteiger partial charge in [0, 0.05) is 37.1 Å². The number of ether oxygens (including phenoxy) is 2. The van der Waals surface area contributed by atoms with Crippen LogP contribution in [-0.2, 0) is 4.74 Å². The Hall–Kier alpha value is -3.30. The topological polar surface area (TPSA) is 89.5 Å². The van der Waals surface area contributed by atoms with E-state index in [0.717, 1.165) is 12.8 Å². The van der Waals surface area contributed by atoms with Gasteiger partial charge in [-0.25, -0.2) is 23.7 Å². The number of carbonyl (C=O) groups is 1. The number of allylic oxidation sites excluding steroid dienone is 1. The minimum atomic E-state index is -2.81. The zero-order chi connectivity index (χ0) is 22.7. The van der Waals surface area contributed by atoms with Crippen LogP contribution in [0.3, 0.4) is 0 Å². The maximum atomic E-state index is 13.9. The Morgan fingerprint density at radius 2 is 2.06 bits per heavy atom. The molecular weight excluding hydrogens is 420 g/mol. The lowest BCUT2D eigenvalue weighted by atomic mass is 10.1. The van der Waals surface area contributed by atoms with Crippen LogP contribution in [0.4, 0.5) is 20.3 Å². The van der Waals surface area contributed by atoms with E-state index < -0.39 is 18.4 Å². The Morgan fingerprint density at radius 1 is 1.28 bits per heavy atom.